The van der Waals surface area contributed by atoms with Crippen molar-refractivity contribution in [2.24, 2.45) is 0 Å². The van der Waals surface area contributed by atoms with Crippen molar-refractivity contribution in [1.29, 1.82) is 0 Å². The van der Waals surface area contributed by atoms with Crippen LogP contribution in [0.15, 0.2) is 42.6 Å². The summed E-state index contributed by atoms with van der Waals surface area (Å²) in [7, 11) is 0. The SMILES string of the molecule is CCN1C(=O)c2ccc(C(=O)NCc3ccccn3)cc2C1=O. The van der Waals surface area contributed by atoms with E-state index < -0.39 is 0 Å². The molecule has 23 heavy (non-hydrogen) atoms. The van der Waals surface area contributed by atoms with Crippen LogP contribution >= 0.6 is 0 Å². The van der Waals surface area contributed by atoms with Gasteiger partial charge in [0.2, 0.25) is 0 Å². The largest absolute Gasteiger partial charge is 0.346 e. The number of nitrogens with zero attached hydrogens (tertiary/aromatic N) is 2. The second-order valence-corrected chi connectivity index (χ2v) is 5.12. The first-order valence-corrected chi connectivity index (χ1v) is 7.30. The maximum atomic E-state index is 12.2. The molecule has 0 saturated carbocycles. The molecule has 0 fully saturated rings. The molecule has 6 heteroatoms. The minimum absolute atomic E-state index is 0.280. The van der Waals surface area contributed by atoms with E-state index in [0.717, 1.165) is 5.69 Å². The van der Waals surface area contributed by atoms with Crippen LogP contribution in [-0.2, 0) is 6.54 Å². The molecule has 0 bridgehead atoms. The maximum Gasteiger partial charge on any atom is 0.261 e. The molecule has 0 atom stereocenters. The summed E-state index contributed by atoms with van der Waals surface area (Å²) in [5.74, 6) is -0.978. The molecule has 6 nitrogen and oxygen atoms in total. The number of fused-ring (bicyclic) bond motifs is 1. The average molecular weight is 309 g/mol. The van der Waals surface area contributed by atoms with Gasteiger partial charge < -0.3 is 5.32 Å². The number of rotatable bonds is 4. The van der Waals surface area contributed by atoms with Crippen LogP contribution in [0, 0.1) is 0 Å². The Morgan fingerprint density at radius 2 is 1.91 bits per heavy atom. The fourth-order valence-electron chi connectivity index (χ4n) is 2.49. The van der Waals surface area contributed by atoms with E-state index >= 15 is 0 Å². The van der Waals surface area contributed by atoms with Crippen LogP contribution in [0.3, 0.4) is 0 Å². The predicted molar refractivity (Wildman–Crippen MR) is 82.9 cm³/mol. The zero-order valence-corrected chi connectivity index (χ0v) is 12.6. The summed E-state index contributed by atoms with van der Waals surface area (Å²) in [4.78, 5) is 41.7. The highest BCUT2D eigenvalue weighted by atomic mass is 16.2. The van der Waals surface area contributed by atoms with Crippen molar-refractivity contribution in [2.75, 3.05) is 6.54 Å². The van der Waals surface area contributed by atoms with E-state index in [2.05, 4.69) is 10.3 Å². The third-order valence-electron chi connectivity index (χ3n) is 3.71. The lowest BCUT2D eigenvalue weighted by atomic mass is 10.1. The summed E-state index contributed by atoms with van der Waals surface area (Å²) in [5.41, 5.74) is 1.71. The molecule has 3 rings (SSSR count). The summed E-state index contributed by atoms with van der Waals surface area (Å²) < 4.78 is 0. The molecule has 1 aliphatic rings. The summed E-state index contributed by atoms with van der Waals surface area (Å²) >= 11 is 0. The minimum Gasteiger partial charge on any atom is -0.346 e. The lowest BCUT2D eigenvalue weighted by molar-refractivity contribution is 0.0662. The van der Waals surface area contributed by atoms with Crippen molar-refractivity contribution in [2.45, 2.75) is 13.5 Å². The fourth-order valence-corrected chi connectivity index (χ4v) is 2.49. The monoisotopic (exact) mass is 309 g/mol. The Kier molecular flexibility index (Phi) is 3.89. The number of aromatic nitrogens is 1. The van der Waals surface area contributed by atoms with Crippen LogP contribution in [0.2, 0.25) is 0 Å². The molecule has 1 N–H and O–H groups in total. The summed E-state index contributed by atoms with van der Waals surface area (Å²) in [6, 6.07) is 10.0. The van der Waals surface area contributed by atoms with E-state index in [1.54, 1.807) is 25.3 Å². The van der Waals surface area contributed by atoms with E-state index in [4.69, 9.17) is 0 Å². The third kappa shape index (κ3) is 2.70. The Balaban J connectivity index is 1.78. The standard InChI is InChI=1S/C17H15N3O3/c1-2-20-16(22)13-7-6-11(9-14(13)17(20)23)15(21)19-10-12-5-3-4-8-18-12/h3-9H,2,10H2,1H3,(H,19,21). The van der Waals surface area contributed by atoms with E-state index in [1.165, 1.54) is 17.0 Å². The number of carbonyl (C=O) groups is 3. The normalized spacial score (nSPS) is 13.2. The predicted octanol–water partition coefficient (Wildman–Crippen LogP) is 1.63. The van der Waals surface area contributed by atoms with Gasteiger partial charge in [-0.15, -0.1) is 0 Å². The van der Waals surface area contributed by atoms with Crippen molar-refractivity contribution in [3.63, 3.8) is 0 Å². The fraction of sp³-hybridized carbons (Fsp3) is 0.176. The van der Waals surface area contributed by atoms with E-state index in [9.17, 15) is 14.4 Å². The number of pyridine rings is 1. The number of hydrogen-bond acceptors (Lipinski definition) is 4. The Hall–Kier alpha value is -3.02. The van der Waals surface area contributed by atoms with Crippen molar-refractivity contribution >= 4 is 17.7 Å². The van der Waals surface area contributed by atoms with Gasteiger partial charge in [0.15, 0.2) is 0 Å². The quantitative estimate of drug-likeness (QED) is 0.871. The lowest BCUT2D eigenvalue weighted by Crippen LogP contribution is -2.29. The van der Waals surface area contributed by atoms with Gasteiger partial charge in [0.1, 0.15) is 0 Å². The molecule has 0 radical (unpaired) electrons. The lowest BCUT2D eigenvalue weighted by Gasteiger charge is -2.08. The second kappa shape index (κ2) is 6.00. The molecule has 3 amide bonds. The molecular weight excluding hydrogens is 294 g/mol. The first kappa shape index (κ1) is 14.9. The van der Waals surface area contributed by atoms with Gasteiger partial charge in [-0.3, -0.25) is 24.3 Å². The van der Waals surface area contributed by atoms with Gasteiger partial charge in [-0.2, -0.15) is 0 Å². The summed E-state index contributed by atoms with van der Waals surface area (Å²) in [5, 5.41) is 2.75. The van der Waals surface area contributed by atoms with Crippen molar-refractivity contribution in [3.8, 4) is 0 Å². The van der Waals surface area contributed by atoms with Crippen LogP contribution in [0.4, 0.5) is 0 Å². The van der Waals surface area contributed by atoms with Gasteiger partial charge in [-0.05, 0) is 37.3 Å². The highest BCUT2D eigenvalue weighted by Gasteiger charge is 2.34. The van der Waals surface area contributed by atoms with Crippen molar-refractivity contribution < 1.29 is 14.4 Å². The van der Waals surface area contributed by atoms with Crippen LogP contribution in [0.5, 0.6) is 0 Å². The summed E-state index contributed by atoms with van der Waals surface area (Å²) in [6.45, 7) is 2.35. The van der Waals surface area contributed by atoms with Crippen LogP contribution in [0.1, 0.15) is 43.7 Å². The molecule has 0 spiro atoms. The van der Waals surface area contributed by atoms with E-state index in [0.29, 0.717) is 24.2 Å². The number of hydrogen-bond donors (Lipinski definition) is 1. The number of nitrogens with one attached hydrogen (secondary N) is 1. The molecule has 0 aliphatic carbocycles. The Labute approximate surface area is 133 Å². The number of carbonyl (C=O) groups excluding carboxylic acids is 3. The average Bonchev–Trinajstić information content (AvgIpc) is 2.83. The highest BCUT2D eigenvalue weighted by molar-refractivity contribution is 6.22. The second-order valence-electron chi connectivity index (χ2n) is 5.12. The maximum absolute atomic E-state index is 12.2. The highest BCUT2D eigenvalue weighted by Crippen LogP contribution is 2.23. The zero-order chi connectivity index (χ0) is 16.4. The van der Waals surface area contributed by atoms with Crippen LogP contribution in [0.25, 0.3) is 0 Å². The molecule has 1 aromatic carbocycles. The molecule has 1 aliphatic heterocycles. The molecule has 2 heterocycles. The van der Waals surface area contributed by atoms with Crippen LogP contribution < -0.4 is 5.32 Å². The van der Waals surface area contributed by atoms with E-state index in [-0.39, 0.29) is 23.3 Å². The number of benzene rings is 1. The Bertz CT molecular complexity index is 787. The summed E-state index contributed by atoms with van der Waals surface area (Å²) in [6.07, 6.45) is 1.65. The first-order valence-electron chi connectivity index (χ1n) is 7.30. The Morgan fingerprint density at radius 3 is 2.61 bits per heavy atom. The Morgan fingerprint density at radius 1 is 1.13 bits per heavy atom. The van der Waals surface area contributed by atoms with Gasteiger partial charge in [-0.1, -0.05) is 6.07 Å². The topological polar surface area (TPSA) is 79.4 Å². The van der Waals surface area contributed by atoms with Crippen LogP contribution in [-0.4, -0.2) is 34.2 Å². The molecule has 0 saturated heterocycles. The van der Waals surface area contributed by atoms with Crippen molar-refractivity contribution in [1.82, 2.24) is 15.2 Å². The van der Waals surface area contributed by atoms with Crippen molar-refractivity contribution in [3.05, 3.63) is 65.0 Å². The molecule has 2 aromatic rings. The molecule has 1 aromatic heterocycles. The molecular formula is C17H15N3O3. The molecule has 0 unspecified atom stereocenters. The smallest absolute Gasteiger partial charge is 0.261 e. The van der Waals surface area contributed by atoms with Gasteiger partial charge in [0.25, 0.3) is 17.7 Å². The van der Waals surface area contributed by atoms with Gasteiger partial charge in [-0.25, -0.2) is 0 Å². The van der Waals surface area contributed by atoms with Gasteiger partial charge in [0.05, 0.1) is 23.4 Å². The zero-order valence-electron chi connectivity index (χ0n) is 12.6. The van der Waals surface area contributed by atoms with Gasteiger partial charge >= 0.3 is 0 Å². The minimum atomic E-state index is -0.355. The third-order valence-corrected chi connectivity index (χ3v) is 3.71. The molecule has 116 valence electrons. The van der Waals surface area contributed by atoms with Gasteiger partial charge in [0, 0.05) is 18.3 Å². The number of imide groups is 1. The first-order chi connectivity index (χ1) is 11.1. The number of amides is 3. The van der Waals surface area contributed by atoms with E-state index in [1.807, 2.05) is 12.1 Å².